The van der Waals surface area contributed by atoms with Crippen molar-refractivity contribution in [2.75, 3.05) is 6.61 Å². The van der Waals surface area contributed by atoms with Crippen LogP contribution in [0.2, 0.25) is 0 Å². The van der Waals surface area contributed by atoms with E-state index in [4.69, 9.17) is 9.57 Å². The third-order valence-corrected chi connectivity index (χ3v) is 4.39. The number of carbonyl (C=O) groups excluding carboxylic acids is 3. The molecule has 3 aliphatic rings. The second-order valence-electron chi connectivity index (χ2n) is 5.80. The second-order valence-corrected chi connectivity index (χ2v) is 5.80. The van der Waals surface area contributed by atoms with E-state index in [1.165, 1.54) is 0 Å². The van der Waals surface area contributed by atoms with Crippen LogP contribution in [0.25, 0.3) is 0 Å². The van der Waals surface area contributed by atoms with Crippen LogP contribution in [0.1, 0.15) is 33.6 Å². The van der Waals surface area contributed by atoms with E-state index in [9.17, 15) is 14.4 Å². The Morgan fingerprint density at radius 2 is 1.91 bits per heavy atom. The van der Waals surface area contributed by atoms with E-state index in [1.54, 1.807) is 24.3 Å². The van der Waals surface area contributed by atoms with Crippen molar-refractivity contribution in [1.29, 1.82) is 0 Å². The van der Waals surface area contributed by atoms with Gasteiger partial charge >= 0.3 is 5.97 Å². The fourth-order valence-electron chi connectivity index (χ4n) is 3.14. The molecule has 2 unspecified atom stereocenters. The number of ether oxygens (including phenoxy) is 1. The summed E-state index contributed by atoms with van der Waals surface area (Å²) in [6, 6.07) is 6.41. The van der Waals surface area contributed by atoms with Crippen LogP contribution in [0, 0.1) is 5.41 Å². The molecule has 22 heavy (non-hydrogen) atoms. The maximum absolute atomic E-state index is 12.5. The van der Waals surface area contributed by atoms with Crippen LogP contribution in [0.3, 0.4) is 0 Å². The van der Waals surface area contributed by atoms with Crippen molar-refractivity contribution in [2.45, 2.75) is 18.9 Å². The average molecular weight is 299 g/mol. The van der Waals surface area contributed by atoms with Crippen molar-refractivity contribution < 1.29 is 24.0 Å². The van der Waals surface area contributed by atoms with Crippen LogP contribution in [-0.2, 0) is 14.4 Å². The summed E-state index contributed by atoms with van der Waals surface area (Å²) in [7, 11) is 0. The fraction of sp³-hybridized carbons (Fsp3) is 0.312. The SMILES string of the molecule is O=C1c2ccccc2C(=O)N1OC(=O)C12CC=CC(C1)OC2. The van der Waals surface area contributed by atoms with Crippen molar-refractivity contribution in [1.82, 2.24) is 5.06 Å². The third kappa shape index (κ3) is 1.74. The topological polar surface area (TPSA) is 72.9 Å². The number of imide groups is 1. The Balaban J connectivity index is 1.58. The lowest BCUT2D eigenvalue weighted by molar-refractivity contribution is -0.181. The number of hydrogen-bond acceptors (Lipinski definition) is 5. The first-order chi connectivity index (χ1) is 10.6. The summed E-state index contributed by atoms with van der Waals surface area (Å²) in [4.78, 5) is 42.1. The third-order valence-electron chi connectivity index (χ3n) is 4.39. The summed E-state index contributed by atoms with van der Waals surface area (Å²) in [5.74, 6) is -1.80. The highest BCUT2D eigenvalue weighted by Crippen LogP contribution is 2.42. The molecule has 0 spiro atoms. The van der Waals surface area contributed by atoms with Gasteiger partial charge in [-0.15, -0.1) is 0 Å². The number of allylic oxidation sites excluding steroid dienone is 1. The average Bonchev–Trinajstić information content (AvgIpc) is 2.97. The van der Waals surface area contributed by atoms with E-state index < -0.39 is 23.2 Å². The van der Waals surface area contributed by atoms with Gasteiger partial charge in [-0.2, -0.15) is 0 Å². The largest absolute Gasteiger partial charge is 0.373 e. The van der Waals surface area contributed by atoms with Crippen molar-refractivity contribution in [2.24, 2.45) is 5.41 Å². The van der Waals surface area contributed by atoms with Crippen molar-refractivity contribution in [3.63, 3.8) is 0 Å². The lowest BCUT2D eigenvalue weighted by Crippen LogP contribution is -2.41. The first-order valence-electron chi connectivity index (χ1n) is 7.09. The minimum absolute atomic E-state index is 0.0940. The maximum atomic E-state index is 12.5. The summed E-state index contributed by atoms with van der Waals surface area (Å²) in [5, 5.41) is 0.563. The first-order valence-corrected chi connectivity index (χ1v) is 7.09. The van der Waals surface area contributed by atoms with Crippen LogP contribution in [0.4, 0.5) is 0 Å². The van der Waals surface area contributed by atoms with Gasteiger partial charge in [-0.25, -0.2) is 4.79 Å². The summed E-state index contributed by atoms with van der Waals surface area (Å²) < 4.78 is 5.51. The van der Waals surface area contributed by atoms with Crippen molar-refractivity contribution >= 4 is 17.8 Å². The number of hydrogen-bond donors (Lipinski definition) is 0. The highest BCUT2D eigenvalue weighted by atomic mass is 16.7. The van der Waals surface area contributed by atoms with E-state index in [0.29, 0.717) is 17.9 Å². The molecular formula is C16H13NO5. The zero-order chi connectivity index (χ0) is 15.3. The van der Waals surface area contributed by atoms with Gasteiger partial charge in [0, 0.05) is 0 Å². The van der Waals surface area contributed by atoms with Crippen LogP contribution in [0.5, 0.6) is 0 Å². The molecule has 0 N–H and O–H groups in total. The molecule has 6 nitrogen and oxygen atoms in total. The molecule has 112 valence electrons. The number of amides is 2. The number of fused-ring (bicyclic) bond motifs is 3. The van der Waals surface area contributed by atoms with Crippen LogP contribution >= 0.6 is 0 Å². The summed E-state index contributed by atoms with van der Waals surface area (Å²) in [6.07, 6.45) is 4.71. The predicted octanol–water partition coefficient (Wildman–Crippen LogP) is 1.48. The van der Waals surface area contributed by atoms with Crippen molar-refractivity contribution in [3.05, 3.63) is 47.5 Å². The molecule has 2 amide bonds. The Morgan fingerprint density at radius 1 is 1.23 bits per heavy atom. The molecule has 2 heterocycles. The Labute approximate surface area is 126 Å². The van der Waals surface area contributed by atoms with Crippen LogP contribution in [-0.4, -0.2) is 35.6 Å². The number of nitrogens with zero attached hydrogens (tertiary/aromatic N) is 1. The number of carbonyl (C=O) groups is 3. The van der Waals surface area contributed by atoms with Gasteiger partial charge in [-0.05, 0) is 25.0 Å². The lowest BCUT2D eigenvalue weighted by Gasteiger charge is -2.26. The monoisotopic (exact) mass is 299 g/mol. The molecule has 4 rings (SSSR count). The van der Waals surface area contributed by atoms with Gasteiger partial charge in [0.1, 0.15) is 0 Å². The number of benzene rings is 1. The molecule has 1 aromatic carbocycles. The van der Waals surface area contributed by atoms with Gasteiger partial charge in [-0.1, -0.05) is 29.3 Å². The summed E-state index contributed by atoms with van der Waals surface area (Å²) in [5.41, 5.74) is -0.293. The number of rotatable bonds is 2. The van der Waals surface area contributed by atoms with Gasteiger partial charge in [0.15, 0.2) is 0 Å². The molecule has 6 heteroatoms. The maximum Gasteiger partial charge on any atom is 0.342 e. The second kappa shape index (κ2) is 4.51. The predicted molar refractivity (Wildman–Crippen MR) is 73.6 cm³/mol. The van der Waals surface area contributed by atoms with E-state index in [0.717, 1.165) is 0 Å². The van der Waals surface area contributed by atoms with Gasteiger partial charge < -0.3 is 9.57 Å². The van der Waals surface area contributed by atoms with E-state index in [-0.39, 0.29) is 23.8 Å². The lowest BCUT2D eigenvalue weighted by atomic mass is 9.79. The highest BCUT2D eigenvalue weighted by molar-refractivity contribution is 6.20. The number of hydroxylamine groups is 2. The molecule has 0 saturated carbocycles. The molecule has 1 fully saturated rings. The van der Waals surface area contributed by atoms with E-state index in [1.807, 2.05) is 12.2 Å². The smallest absolute Gasteiger partial charge is 0.342 e. The van der Waals surface area contributed by atoms with Crippen molar-refractivity contribution in [3.8, 4) is 0 Å². The molecule has 0 aromatic heterocycles. The molecule has 2 aliphatic heterocycles. The van der Waals surface area contributed by atoms with Gasteiger partial charge in [0.05, 0.1) is 29.3 Å². The highest BCUT2D eigenvalue weighted by Gasteiger charge is 2.50. The quantitative estimate of drug-likeness (QED) is 0.611. The van der Waals surface area contributed by atoms with Crippen LogP contribution < -0.4 is 0 Å². The molecule has 2 bridgehead atoms. The fourth-order valence-corrected chi connectivity index (χ4v) is 3.14. The zero-order valence-electron chi connectivity index (χ0n) is 11.7. The molecule has 0 radical (unpaired) electrons. The minimum Gasteiger partial charge on any atom is -0.373 e. The Bertz CT molecular complexity index is 690. The van der Waals surface area contributed by atoms with Crippen LogP contribution in [0.15, 0.2) is 36.4 Å². The Kier molecular flexibility index (Phi) is 2.71. The Morgan fingerprint density at radius 3 is 2.59 bits per heavy atom. The van der Waals surface area contributed by atoms with E-state index >= 15 is 0 Å². The standard InChI is InChI=1S/C16H13NO5/c18-13-11-5-1-2-6-12(11)14(19)17(13)22-15(20)16-7-3-4-10(8-16)21-9-16/h1-6,10H,7-9H2. The molecule has 2 atom stereocenters. The first kappa shape index (κ1) is 13.2. The molecular weight excluding hydrogens is 286 g/mol. The zero-order valence-corrected chi connectivity index (χ0v) is 11.7. The summed E-state index contributed by atoms with van der Waals surface area (Å²) in [6.45, 7) is 0.243. The minimum atomic E-state index is -0.797. The van der Waals surface area contributed by atoms with Gasteiger partial charge in [-0.3, -0.25) is 9.59 Å². The molecule has 1 aromatic rings. The Hall–Kier alpha value is -2.47. The molecule has 1 saturated heterocycles. The van der Waals surface area contributed by atoms with Gasteiger partial charge in [0.2, 0.25) is 0 Å². The summed E-state index contributed by atoms with van der Waals surface area (Å²) >= 11 is 0. The van der Waals surface area contributed by atoms with Gasteiger partial charge in [0.25, 0.3) is 11.8 Å². The van der Waals surface area contributed by atoms with E-state index in [2.05, 4.69) is 0 Å². The molecule has 1 aliphatic carbocycles. The normalized spacial score (nSPS) is 28.9.